The summed E-state index contributed by atoms with van der Waals surface area (Å²) in [6, 6.07) is 10.5. The summed E-state index contributed by atoms with van der Waals surface area (Å²) in [6.45, 7) is 6.02. The average molecular weight is 244 g/mol. The molecule has 0 aliphatic heterocycles. The van der Waals surface area contributed by atoms with E-state index < -0.39 is 0 Å². The van der Waals surface area contributed by atoms with Crippen LogP contribution < -0.4 is 10.1 Å². The zero-order valence-corrected chi connectivity index (χ0v) is 11.0. The van der Waals surface area contributed by atoms with Gasteiger partial charge in [-0.2, -0.15) is 0 Å². The molecule has 1 N–H and O–H groups in total. The van der Waals surface area contributed by atoms with Gasteiger partial charge in [-0.25, -0.2) is 0 Å². The molecule has 3 nitrogen and oxygen atoms in total. The highest BCUT2D eigenvalue weighted by molar-refractivity contribution is 5.79. The van der Waals surface area contributed by atoms with Crippen LogP contribution >= 0.6 is 0 Å². The molecule has 1 aromatic carbocycles. The lowest BCUT2D eigenvalue weighted by Gasteiger charge is -2.13. The van der Waals surface area contributed by atoms with Crippen molar-refractivity contribution in [2.45, 2.75) is 26.3 Å². The van der Waals surface area contributed by atoms with Crippen LogP contribution in [-0.4, -0.2) is 24.2 Å². The van der Waals surface area contributed by atoms with Crippen molar-refractivity contribution in [3.63, 3.8) is 0 Å². The van der Waals surface area contributed by atoms with E-state index in [2.05, 4.69) is 30.2 Å². The molecule has 0 aliphatic carbocycles. The maximum Gasteiger partial charge on any atom is 0.121 e. The summed E-state index contributed by atoms with van der Waals surface area (Å²) in [5.74, 6) is 0.893. The van der Waals surface area contributed by atoms with E-state index in [1.807, 2.05) is 24.3 Å². The van der Waals surface area contributed by atoms with E-state index in [9.17, 15) is 0 Å². The Morgan fingerprint density at radius 3 is 3.06 bits per heavy atom. The molecule has 0 fully saturated rings. The Morgan fingerprint density at radius 1 is 1.33 bits per heavy atom. The van der Waals surface area contributed by atoms with E-state index >= 15 is 0 Å². The van der Waals surface area contributed by atoms with Crippen LogP contribution in [0.2, 0.25) is 0 Å². The van der Waals surface area contributed by atoms with Crippen LogP contribution in [0.3, 0.4) is 0 Å². The molecular formula is C15H20N2O. The number of fused-ring (bicyclic) bond motifs is 1. The van der Waals surface area contributed by atoms with E-state index in [1.54, 1.807) is 6.20 Å². The Balaban J connectivity index is 1.91. The standard InChI is InChI=1S/C15H20N2O/c1-3-16-12(2)8-10-18-14-7-6-13-5-4-9-17-15(13)11-14/h4-7,9,11-12,16H,3,8,10H2,1-2H3. The topological polar surface area (TPSA) is 34.1 Å². The van der Waals surface area contributed by atoms with Crippen LogP contribution in [-0.2, 0) is 0 Å². The van der Waals surface area contributed by atoms with Crippen molar-refractivity contribution in [3.05, 3.63) is 36.5 Å². The van der Waals surface area contributed by atoms with Gasteiger partial charge in [0.05, 0.1) is 12.1 Å². The van der Waals surface area contributed by atoms with Gasteiger partial charge < -0.3 is 10.1 Å². The normalized spacial score (nSPS) is 12.6. The minimum atomic E-state index is 0.494. The molecule has 0 amide bonds. The van der Waals surface area contributed by atoms with Gasteiger partial charge in [0.2, 0.25) is 0 Å². The number of hydrogen-bond acceptors (Lipinski definition) is 3. The van der Waals surface area contributed by atoms with Gasteiger partial charge in [0.1, 0.15) is 5.75 Å². The number of rotatable bonds is 6. The van der Waals surface area contributed by atoms with E-state index in [1.165, 1.54) is 0 Å². The van der Waals surface area contributed by atoms with Crippen LogP contribution in [0.5, 0.6) is 5.75 Å². The molecule has 1 heterocycles. The van der Waals surface area contributed by atoms with Gasteiger partial charge >= 0.3 is 0 Å². The second kappa shape index (κ2) is 6.36. The summed E-state index contributed by atoms with van der Waals surface area (Å²) in [5, 5.41) is 4.51. The Morgan fingerprint density at radius 2 is 2.22 bits per heavy atom. The molecule has 1 atom stereocenters. The quantitative estimate of drug-likeness (QED) is 0.848. The third-order valence-electron chi connectivity index (χ3n) is 2.95. The molecule has 2 rings (SSSR count). The summed E-state index contributed by atoms with van der Waals surface area (Å²) in [6.07, 6.45) is 2.81. The first-order chi connectivity index (χ1) is 8.79. The van der Waals surface area contributed by atoms with E-state index in [-0.39, 0.29) is 0 Å². The number of ether oxygens (including phenoxy) is 1. The summed E-state index contributed by atoms with van der Waals surface area (Å²) in [4.78, 5) is 4.32. The number of pyridine rings is 1. The van der Waals surface area contributed by atoms with Crippen molar-refractivity contribution in [2.75, 3.05) is 13.2 Å². The molecule has 0 bridgehead atoms. The SMILES string of the molecule is CCNC(C)CCOc1ccc2cccnc2c1. The third-order valence-corrected chi connectivity index (χ3v) is 2.95. The van der Waals surface area contributed by atoms with Crippen LogP contribution in [0.15, 0.2) is 36.5 Å². The molecule has 1 unspecified atom stereocenters. The fourth-order valence-electron chi connectivity index (χ4n) is 1.94. The Kier molecular flexibility index (Phi) is 4.53. The molecule has 3 heteroatoms. The molecule has 2 aromatic rings. The highest BCUT2D eigenvalue weighted by atomic mass is 16.5. The maximum atomic E-state index is 5.75. The minimum Gasteiger partial charge on any atom is -0.493 e. The van der Waals surface area contributed by atoms with Crippen molar-refractivity contribution < 1.29 is 4.74 Å². The summed E-state index contributed by atoms with van der Waals surface area (Å²) < 4.78 is 5.75. The third kappa shape index (κ3) is 3.44. The lowest BCUT2D eigenvalue weighted by Crippen LogP contribution is -2.27. The molecule has 96 valence electrons. The molecule has 18 heavy (non-hydrogen) atoms. The molecule has 0 saturated carbocycles. The first-order valence-corrected chi connectivity index (χ1v) is 6.50. The lowest BCUT2D eigenvalue weighted by atomic mass is 10.2. The van der Waals surface area contributed by atoms with E-state index in [4.69, 9.17) is 4.74 Å². The average Bonchev–Trinajstić information content (AvgIpc) is 2.39. The Bertz CT molecular complexity index is 499. The Hall–Kier alpha value is -1.61. The number of hydrogen-bond donors (Lipinski definition) is 1. The predicted octanol–water partition coefficient (Wildman–Crippen LogP) is 3.00. The minimum absolute atomic E-state index is 0.494. The molecule has 0 aliphatic rings. The monoisotopic (exact) mass is 244 g/mol. The number of benzene rings is 1. The molecule has 0 spiro atoms. The Labute approximate surface area is 108 Å². The molecule has 0 saturated heterocycles. The smallest absolute Gasteiger partial charge is 0.121 e. The lowest BCUT2D eigenvalue weighted by molar-refractivity contribution is 0.291. The highest BCUT2D eigenvalue weighted by Gasteiger charge is 2.01. The van der Waals surface area contributed by atoms with Gasteiger partial charge in [-0.05, 0) is 38.1 Å². The second-order valence-electron chi connectivity index (χ2n) is 4.45. The summed E-state index contributed by atoms with van der Waals surface area (Å²) >= 11 is 0. The number of nitrogens with zero attached hydrogens (tertiary/aromatic N) is 1. The van der Waals surface area contributed by atoms with E-state index in [0.717, 1.165) is 36.2 Å². The second-order valence-corrected chi connectivity index (χ2v) is 4.45. The molecular weight excluding hydrogens is 224 g/mol. The van der Waals surface area contributed by atoms with Crippen molar-refractivity contribution in [3.8, 4) is 5.75 Å². The van der Waals surface area contributed by atoms with Crippen molar-refractivity contribution in [2.24, 2.45) is 0 Å². The highest BCUT2D eigenvalue weighted by Crippen LogP contribution is 2.18. The fourth-order valence-corrected chi connectivity index (χ4v) is 1.94. The predicted molar refractivity (Wildman–Crippen MR) is 75.0 cm³/mol. The largest absolute Gasteiger partial charge is 0.493 e. The number of aromatic nitrogens is 1. The van der Waals surface area contributed by atoms with Crippen molar-refractivity contribution >= 4 is 10.9 Å². The number of nitrogens with one attached hydrogen (secondary N) is 1. The van der Waals surface area contributed by atoms with Gasteiger partial charge in [-0.3, -0.25) is 4.98 Å². The van der Waals surface area contributed by atoms with E-state index in [0.29, 0.717) is 6.04 Å². The fraction of sp³-hybridized carbons (Fsp3) is 0.400. The van der Waals surface area contributed by atoms with Crippen molar-refractivity contribution in [1.29, 1.82) is 0 Å². The van der Waals surface area contributed by atoms with Crippen LogP contribution in [0, 0.1) is 0 Å². The first-order valence-electron chi connectivity index (χ1n) is 6.50. The zero-order chi connectivity index (χ0) is 12.8. The van der Waals surface area contributed by atoms with Gasteiger partial charge in [0, 0.05) is 23.7 Å². The molecule has 0 radical (unpaired) electrons. The molecule has 1 aromatic heterocycles. The van der Waals surface area contributed by atoms with Gasteiger partial charge in [-0.1, -0.05) is 13.0 Å². The van der Waals surface area contributed by atoms with Crippen LogP contribution in [0.25, 0.3) is 10.9 Å². The van der Waals surface area contributed by atoms with Crippen LogP contribution in [0.4, 0.5) is 0 Å². The first kappa shape index (κ1) is 12.8. The zero-order valence-electron chi connectivity index (χ0n) is 11.0. The van der Waals surface area contributed by atoms with Gasteiger partial charge in [0.15, 0.2) is 0 Å². The summed E-state index contributed by atoms with van der Waals surface area (Å²) in [7, 11) is 0. The van der Waals surface area contributed by atoms with Gasteiger partial charge in [-0.15, -0.1) is 0 Å². The van der Waals surface area contributed by atoms with Crippen molar-refractivity contribution in [1.82, 2.24) is 10.3 Å². The maximum absolute atomic E-state index is 5.75. The van der Waals surface area contributed by atoms with Gasteiger partial charge in [0.25, 0.3) is 0 Å². The summed E-state index contributed by atoms with van der Waals surface area (Å²) in [5.41, 5.74) is 0.981. The van der Waals surface area contributed by atoms with Crippen LogP contribution in [0.1, 0.15) is 20.3 Å².